The van der Waals surface area contributed by atoms with Gasteiger partial charge in [0.15, 0.2) is 17.3 Å². The number of likely N-dealkylation sites (N-methyl/N-ethyl adjacent to an activating group) is 1. The number of anilines is 4. The van der Waals surface area contributed by atoms with E-state index in [1.54, 1.807) is 20.4 Å². The molecule has 4 aliphatic rings. The van der Waals surface area contributed by atoms with Crippen LogP contribution in [0.2, 0.25) is 0 Å². The summed E-state index contributed by atoms with van der Waals surface area (Å²) in [4.78, 5) is 53.8. The summed E-state index contributed by atoms with van der Waals surface area (Å²) in [6.45, 7) is 8.61. The second-order valence-corrected chi connectivity index (χ2v) is 19.1. The Labute approximate surface area is 423 Å². The lowest BCUT2D eigenvalue weighted by Gasteiger charge is -2.26. The largest absolute Gasteiger partial charge is 0.493 e. The molecule has 5 aromatic rings. The van der Waals surface area contributed by atoms with E-state index in [4.69, 9.17) is 28.4 Å². The maximum absolute atomic E-state index is 14.3. The van der Waals surface area contributed by atoms with Crippen LogP contribution in [-0.4, -0.2) is 116 Å². The predicted octanol–water partition coefficient (Wildman–Crippen LogP) is 8.63. The zero-order valence-electron chi connectivity index (χ0n) is 42.3. The normalized spacial score (nSPS) is 16.7. The van der Waals surface area contributed by atoms with E-state index in [-0.39, 0.29) is 49.4 Å². The smallest absolute Gasteiger partial charge is 0.260 e. The van der Waals surface area contributed by atoms with Crippen molar-refractivity contribution >= 4 is 46.6 Å². The topological polar surface area (TPSA) is 132 Å². The molecule has 0 radical (unpaired) electrons. The molecule has 14 nitrogen and oxygen atoms in total. The molecule has 0 saturated heterocycles. The van der Waals surface area contributed by atoms with Crippen LogP contribution < -0.4 is 33.8 Å². The first-order valence-electron chi connectivity index (χ1n) is 25.3. The number of nitrogens with zero attached hydrogens (tertiary/aromatic N) is 5. The SMILES string of the molecule is CC=NCC(=O)CCCN(CCOCCOCCOC)c1cc(COc2cc3c(cc2C)C(=O)N2c4ccccc4C[C@H]2CN3C)cc(COc2cc3c(cc2OC)C(=O)N2c4ccccc4C[C@H]2CC3)c1. The average molecular weight is 978 g/mol. The van der Waals surface area contributed by atoms with Crippen molar-refractivity contribution < 1.29 is 42.8 Å². The first-order chi connectivity index (χ1) is 35.1. The quantitative estimate of drug-likeness (QED) is 0.0461. The Hall–Kier alpha value is -6.74. The Bertz CT molecular complexity index is 2790. The molecular formula is C58H67N5O9. The number of ether oxygens (including phenoxy) is 6. The first kappa shape index (κ1) is 50.2. The molecule has 0 fully saturated rings. The highest BCUT2D eigenvalue weighted by molar-refractivity contribution is 6.12. The monoisotopic (exact) mass is 977 g/mol. The molecule has 0 N–H and O–H groups in total. The Kier molecular flexibility index (Phi) is 16.2. The van der Waals surface area contributed by atoms with Gasteiger partial charge in [-0.05, 0) is 134 Å². The fourth-order valence-corrected chi connectivity index (χ4v) is 10.6. The molecule has 5 aromatic carbocycles. The number of hydrogen-bond donors (Lipinski definition) is 0. The minimum Gasteiger partial charge on any atom is -0.493 e. The summed E-state index contributed by atoms with van der Waals surface area (Å²) in [6, 6.07) is 30.6. The van der Waals surface area contributed by atoms with E-state index in [2.05, 4.69) is 45.1 Å². The lowest BCUT2D eigenvalue weighted by molar-refractivity contribution is -0.117. The molecule has 4 aliphatic heterocycles. The zero-order valence-corrected chi connectivity index (χ0v) is 42.3. The number of rotatable bonds is 23. The third-order valence-corrected chi connectivity index (χ3v) is 14.2. The maximum atomic E-state index is 14.3. The van der Waals surface area contributed by atoms with Crippen LogP contribution in [0.5, 0.6) is 17.2 Å². The van der Waals surface area contributed by atoms with Gasteiger partial charge in [-0.3, -0.25) is 19.4 Å². The average Bonchev–Trinajstić information content (AvgIpc) is 3.89. The molecule has 0 unspecified atom stereocenters. The number of carbonyl (C=O) groups excluding carboxylic acids is 3. The Morgan fingerprint density at radius 1 is 0.708 bits per heavy atom. The summed E-state index contributed by atoms with van der Waals surface area (Å²) in [7, 11) is 5.29. The number of ketones is 1. The highest BCUT2D eigenvalue weighted by atomic mass is 16.5. The molecule has 72 heavy (non-hydrogen) atoms. The van der Waals surface area contributed by atoms with Crippen LogP contribution in [-0.2, 0) is 51.5 Å². The molecule has 9 rings (SSSR count). The standard InChI is InChI=1S/C58H67N5O9/c1-6-59-35-48(64)14-11-19-61(20-21-69-24-25-70-23-22-67-4)46-28-40(37-71-54-34-53-50(26-39(54)2)58(66)63-47(36-60(53)3)31-44-13-8-10-16-52(44)63)27-41(29-46)38-72-56-32-42-17-18-45-30-43-12-7-9-15-51(43)62(45)57(65)49(42)33-55(56)68-5/h6-10,12-13,15-16,26-29,32-34,45,47H,11,14,17-25,30-31,35-38H2,1-5H3/t45-,47+/m1/s1. The van der Waals surface area contributed by atoms with Gasteiger partial charge in [-0.2, -0.15) is 0 Å². The lowest BCUT2D eigenvalue weighted by Crippen LogP contribution is -2.41. The number of hydrogen-bond acceptors (Lipinski definition) is 12. The van der Waals surface area contributed by atoms with E-state index in [0.717, 1.165) is 70.7 Å². The highest BCUT2D eigenvalue weighted by Gasteiger charge is 2.40. The number of amides is 2. The number of para-hydroxylation sites is 2. The van der Waals surface area contributed by atoms with Crippen molar-refractivity contribution in [1.29, 1.82) is 0 Å². The van der Waals surface area contributed by atoms with Crippen molar-refractivity contribution in [1.82, 2.24) is 0 Å². The molecule has 0 bridgehead atoms. The van der Waals surface area contributed by atoms with E-state index in [9.17, 15) is 14.4 Å². The number of aryl methyl sites for hydroxylation is 2. The van der Waals surface area contributed by atoms with Gasteiger partial charge in [0.1, 0.15) is 19.0 Å². The minimum atomic E-state index is -0.0174. The van der Waals surface area contributed by atoms with Gasteiger partial charge in [0, 0.05) is 74.9 Å². The first-order valence-corrected chi connectivity index (χ1v) is 25.3. The van der Waals surface area contributed by atoms with Gasteiger partial charge in [-0.25, -0.2) is 0 Å². The van der Waals surface area contributed by atoms with E-state index < -0.39 is 0 Å². The summed E-state index contributed by atoms with van der Waals surface area (Å²) in [5.41, 5.74) is 11.0. The van der Waals surface area contributed by atoms with Crippen molar-refractivity contribution in [3.63, 3.8) is 0 Å². The molecule has 4 heterocycles. The molecule has 2 atom stereocenters. The third-order valence-electron chi connectivity index (χ3n) is 14.2. The summed E-state index contributed by atoms with van der Waals surface area (Å²) in [5, 5.41) is 0. The Balaban J connectivity index is 0.986. The molecule has 378 valence electrons. The van der Waals surface area contributed by atoms with Gasteiger partial charge < -0.3 is 48.0 Å². The number of aliphatic imine (C=N–C) groups is 1. The van der Waals surface area contributed by atoms with Gasteiger partial charge in [0.05, 0.1) is 64.0 Å². The molecule has 14 heteroatoms. The third kappa shape index (κ3) is 11.2. The van der Waals surface area contributed by atoms with Crippen molar-refractivity contribution in [2.45, 2.75) is 77.7 Å². The van der Waals surface area contributed by atoms with Crippen LogP contribution in [0, 0.1) is 6.92 Å². The van der Waals surface area contributed by atoms with Crippen molar-refractivity contribution in [2.75, 3.05) is 100 Å². The van der Waals surface area contributed by atoms with Crippen LogP contribution in [0.3, 0.4) is 0 Å². The number of fused-ring (bicyclic) bond motifs is 8. The molecule has 0 saturated carbocycles. The van der Waals surface area contributed by atoms with Gasteiger partial charge >= 0.3 is 0 Å². The highest BCUT2D eigenvalue weighted by Crippen LogP contribution is 2.42. The van der Waals surface area contributed by atoms with Gasteiger partial charge in [-0.1, -0.05) is 36.4 Å². The van der Waals surface area contributed by atoms with Crippen molar-refractivity contribution in [2.24, 2.45) is 4.99 Å². The number of methoxy groups -OCH3 is 2. The number of benzene rings is 5. The molecular weight excluding hydrogens is 911 g/mol. The van der Waals surface area contributed by atoms with Gasteiger partial charge in [0.25, 0.3) is 11.8 Å². The lowest BCUT2D eigenvalue weighted by atomic mass is 9.99. The summed E-state index contributed by atoms with van der Waals surface area (Å²) < 4.78 is 36.1. The van der Waals surface area contributed by atoms with E-state index in [1.807, 2.05) is 91.4 Å². The van der Waals surface area contributed by atoms with Crippen LogP contribution in [0.4, 0.5) is 22.7 Å². The van der Waals surface area contributed by atoms with Crippen LogP contribution in [0.1, 0.15) is 80.3 Å². The second-order valence-electron chi connectivity index (χ2n) is 19.1. The van der Waals surface area contributed by atoms with Crippen LogP contribution >= 0.6 is 0 Å². The second kappa shape index (κ2) is 23.2. The fourth-order valence-electron chi connectivity index (χ4n) is 10.6. The van der Waals surface area contributed by atoms with Crippen LogP contribution in [0.25, 0.3) is 0 Å². The molecule has 0 spiro atoms. The van der Waals surface area contributed by atoms with Gasteiger partial charge in [0.2, 0.25) is 0 Å². The summed E-state index contributed by atoms with van der Waals surface area (Å²) in [5.74, 6) is 1.81. The molecule has 0 aromatic heterocycles. The van der Waals surface area contributed by atoms with Crippen molar-refractivity contribution in [3.8, 4) is 17.2 Å². The summed E-state index contributed by atoms with van der Waals surface area (Å²) in [6.07, 6.45) is 5.91. The van der Waals surface area contributed by atoms with Crippen LogP contribution in [0.15, 0.2) is 96.0 Å². The van der Waals surface area contributed by atoms with Crippen molar-refractivity contribution in [3.05, 3.63) is 136 Å². The van der Waals surface area contributed by atoms with E-state index >= 15 is 0 Å². The number of Topliss-reactive ketones (excluding diaryl/α,β-unsaturated/α-hetero) is 1. The van der Waals surface area contributed by atoms with Gasteiger partial charge in [-0.15, -0.1) is 0 Å². The number of carbonyl (C=O) groups is 3. The molecule has 0 aliphatic carbocycles. The minimum absolute atomic E-state index is 0.00241. The predicted molar refractivity (Wildman–Crippen MR) is 281 cm³/mol. The Morgan fingerprint density at radius 2 is 1.36 bits per heavy atom. The zero-order chi connectivity index (χ0) is 50.1. The Morgan fingerprint density at radius 3 is 2.07 bits per heavy atom. The maximum Gasteiger partial charge on any atom is 0.260 e. The molecule has 2 amide bonds. The van der Waals surface area contributed by atoms with E-state index in [0.29, 0.717) is 93.9 Å². The summed E-state index contributed by atoms with van der Waals surface area (Å²) >= 11 is 0. The fraction of sp³-hybridized carbons (Fsp3) is 0.414. The van der Waals surface area contributed by atoms with E-state index in [1.165, 1.54) is 11.1 Å².